The van der Waals surface area contributed by atoms with E-state index in [2.05, 4.69) is 0 Å². The molecule has 24 heavy (non-hydrogen) atoms. The Morgan fingerprint density at radius 2 is 1.83 bits per heavy atom. The molecular weight excluding hydrogens is 328 g/mol. The Morgan fingerprint density at radius 1 is 1.17 bits per heavy atom. The Balaban J connectivity index is 1.62. The first-order valence-electron chi connectivity index (χ1n) is 7.60. The van der Waals surface area contributed by atoms with Crippen molar-refractivity contribution < 1.29 is 14.3 Å². The Bertz CT molecular complexity index is 744. The Labute approximate surface area is 145 Å². The first-order chi connectivity index (χ1) is 11.5. The van der Waals surface area contributed by atoms with Gasteiger partial charge in [-0.2, -0.15) is 0 Å². The molecule has 0 saturated carbocycles. The summed E-state index contributed by atoms with van der Waals surface area (Å²) in [5, 5.41) is 0.688. The maximum Gasteiger partial charge on any atom is 0.227 e. The second-order valence-electron chi connectivity index (χ2n) is 5.72. The number of primary amides is 1. The van der Waals surface area contributed by atoms with Crippen LogP contribution in [0, 0.1) is 5.92 Å². The number of halogens is 1. The molecule has 2 aromatic rings. The minimum absolute atomic E-state index is 0.0892. The maximum atomic E-state index is 12.0. The smallest absolute Gasteiger partial charge is 0.227 e. The van der Waals surface area contributed by atoms with Crippen LogP contribution >= 0.6 is 11.6 Å². The third-order valence-electron chi connectivity index (χ3n) is 3.99. The number of hydrogen-bond acceptors (Lipinski definition) is 3. The van der Waals surface area contributed by atoms with Crippen molar-refractivity contribution in [2.75, 3.05) is 11.4 Å². The van der Waals surface area contributed by atoms with E-state index >= 15 is 0 Å². The molecular formula is C18H17ClN2O3. The molecule has 0 bridgehead atoms. The van der Waals surface area contributed by atoms with Crippen LogP contribution in [0.4, 0.5) is 5.69 Å². The molecule has 3 rings (SSSR count). The zero-order valence-electron chi connectivity index (χ0n) is 12.9. The van der Waals surface area contributed by atoms with Crippen molar-refractivity contribution >= 4 is 29.1 Å². The lowest BCUT2D eigenvalue weighted by atomic mass is 10.1. The summed E-state index contributed by atoms with van der Waals surface area (Å²) < 4.78 is 5.72. The quantitative estimate of drug-likeness (QED) is 0.906. The van der Waals surface area contributed by atoms with Crippen molar-refractivity contribution in [2.24, 2.45) is 11.7 Å². The van der Waals surface area contributed by atoms with Gasteiger partial charge >= 0.3 is 0 Å². The summed E-state index contributed by atoms with van der Waals surface area (Å²) in [6.45, 7) is 0.766. The van der Waals surface area contributed by atoms with Crippen LogP contribution in [0.2, 0.25) is 5.02 Å². The second-order valence-corrected chi connectivity index (χ2v) is 6.15. The van der Waals surface area contributed by atoms with Gasteiger partial charge < -0.3 is 15.4 Å². The fraction of sp³-hybridized carbons (Fsp3) is 0.222. The van der Waals surface area contributed by atoms with Crippen molar-refractivity contribution in [2.45, 2.75) is 13.0 Å². The number of carbonyl (C=O) groups excluding carboxylic acids is 2. The standard InChI is InChI=1S/C18H17ClN2O3/c19-14-3-1-12(2-4-14)11-24-16-7-5-15(6-8-16)21-10-13(18(20)23)9-17(21)22/h1-8,13H,9-11H2,(H2,20,23)/t13-/m0/s1. The largest absolute Gasteiger partial charge is 0.489 e. The first-order valence-corrected chi connectivity index (χ1v) is 7.98. The van der Waals surface area contributed by atoms with Crippen molar-refractivity contribution in [3.63, 3.8) is 0 Å². The third-order valence-corrected chi connectivity index (χ3v) is 4.25. The van der Waals surface area contributed by atoms with Crippen LogP contribution < -0.4 is 15.4 Å². The lowest BCUT2D eigenvalue weighted by Gasteiger charge is -2.16. The molecule has 0 aromatic heterocycles. The van der Waals surface area contributed by atoms with E-state index < -0.39 is 11.8 Å². The van der Waals surface area contributed by atoms with Gasteiger partial charge in [0, 0.05) is 23.7 Å². The molecule has 1 aliphatic heterocycles. The van der Waals surface area contributed by atoms with Crippen LogP contribution in [0.3, 0.4) is 0 Å². The molecule has 0 radical (unpaired) electrons. The highest BCUT2D eigenvalue weighted by Gasteiger charge is 2.33. The van der Waals surface area contributed by atoms with E-state index in [0.717, 1.165) is 11.3 Å². The van der Waals surface area contributed by atoms with Gasteiger partial charge in [0.1, 0.15) is 12.4 Å². The highest BCUT2D eigenvalue weighted by atomic mass is 35.5. The van der Waals surface area contributed by atoms with Crippen molar-refractivity contribution in [1.29, 1.82) is 0 Å². The van der Waals surface area contributed by atoms with Gasteiger partial charge in [-0.1, -0.05) is 23.7 Å². The molecule has 2 amide bonds. The molecule has 1 fully saturated rings. The van der Waals surface area contributed by atoms with Gasteiger partial charge in [-0.15, -0.1) is 0 Å². The Kier molecular flexibility index (Phi) is 4.71. The van der Waals surface area contributed by atoms with E-state index in [9.17, 15) is 9.59 Å². The maximum absolute atomic E-state index is 12.0. The number of ether oxygens (including phenoxy) is 1. The van der Waals surface area contributed by atoms with Crippen LogP contribution in [-0.2, 0) is 16.2 Å². The molecule has 0 spiro atoms. The zero-order chi connectivity index (χ0) is 17.1. The Hall–Kier alpha value is -2.53. The number of nitrogens with two attached hydrogens (primary N) is 1. The number of benzene rings is 2. The minimum Gasteiger partial charge on any atom is -0.489 e. The minimum atomic E-state index is -0.436. The topological polar surface area (TPSA) is 72.6 Å². The molecule has 1 saturated heterocycles. The summed E-state index contributed by atoms with van der Waals surface area (Å²) in [5.41, 5.74) is 7.04. The van der Waals surface area contributed by atoms with Crippen molar-refractivity contribution in [3.8, 4) is 5.75 Å². The molecule has 0 unspecified atom stereocenters. The summed E-state index contributed by atoms with van der Waals surface area (Å²) in [4.78, 5) is 24.8. The van der Waals surface area contributed by atoms with Gasteiger partial charge in [0.25, 0.3) is 0 Å². The van der Waals surface area contributed by atoms with E-state index in [4.69, 9.17) is 22.1 Å². The van der Waals surface area contributed by atoms with E-state index in [0.29, 0.717) is 23.9 Å². The van der Waals surface area contributed by atoms with E-state index in [1.165, 1.54) is 0 Å². The monoisotopic (exact) mass is 344 g/mol. The fourth-order valence-electron chi connectivity index (χ4n) is 2.62. The van der Waals surface area contributed by atoms with Gasteiger partial charge in [0.05, 0.1) is 5.92 Å². The average molecular weight is 345 g/mol. The molecule has 124 valence electrons. The molecule has 2 N–H and O–H groups in total. The first kappa shape index (κ1) is 16.3. The van der Waals surface area contributed by atoms with Crippen LogP contribution in [0.1, 0.15) is 12.0 Å². The van der Waals surface area contributed by atoms with Gasteiger partial charge in [0.15, 0.2) is 0 Å². The van der Waals surface area contributed by atoms with Gasteiger partial charge in [0.2, 0.25) is 11.8 Å². The van der Waals surface area contributed by atoms with Crippen molar-refractivity contribution in [3.05, 3.63) is 59.1 Å². The lowest BCUT2D eigenvalue weighted by Crippen LogP contribution is -2.28. The second kappa shape index (κ2) is 6.93. The zero-order valence-corrected chi connectivity index (χ0v) is 13.7. The lowest BCUT2D eigenvalue weighted by molar-refractivity contribution is -0.123. The molecule has 1 heterocycles. The molecule has 1 atom stereocenters. The third kappa shape index (κ3) is 3.68. The fourth-order valence-corrected chi connectivity index (χ4v) is 2.74. The van der Waals surface area contributed by atoms with Crippen LogP contribution in [0.25, 0.3) is 0 Å². The van der Waals surface area contributed by atoms with E-state index in [1.807, 2.05) is 24.3 Å². The normalized spacial score (nSPS) is 17.1. The molecule has 1 aliphatic rings. The molecule has 6 heteroatoms. The number of carbonyl (C=O) groups is 2. The molecule has 0 aliphatic carbocycles. The predicted molar refractivity (Wildman–Crippen MR) is 91.9 cm³/mol. The van der Waals surface area contributed by atoms with Gasteiger partial charge in [-0.25, -0.2) is 0 Å². The van der Waals surface area contributed by atoms with Crippen LogP contribution in [-0.4, -0.2) is 18.4 Å². The van der Waals surface area contributed by atoms with Crippen LogP contribution in [0.5, 0.6) is 5.75 Å². The molecule has 5 nitrogen and oxygen atoms in total. The summed E-state index contributed by atoms with van der Waals surface area (Å²) in [7, 11) is 0. The number of rotatable bonds is 5. The van der Waals surface area contributed by atoms with E-state index in [-0.39, 0.29) is 12.3 Å². The summed E-state index contributed by atoms with van der Waals surface area (Å²) in [6.07, 6.45) is 0.171. The van der Waals surface area contributed by atoms with Gasteiger partial charge in [-0.05, 0) is 42.0 Å². The van der Waals surface area contributed by atoms with E-state index in [1.54, 1.807) is 29.2 Å². The van der Waals surface area contributed by atoms with Crippen molar-refractivity contribution in [1.82, 2.24) is 0 Å². The number of anilines is 1. The average Bonchev–Trinajstić information content (AvgIpc) is 2.97. The SMILES string of the molecule is NC(=O)[C@H]1CC(=O)N(c2ccc(OCc3ccc(Cl)cc3)cc2)C1. The molecule has 2 aromatic carbocycles. The summed E-state index contributed by atoms with van der Waals surface area (Å²) >= 11 is 5.85. The van der Waals surface area contributed by atoms with Crippen LogP contribution in [0.15, 0.2) is 48.5 Å². The number of amides is 2. The summed E-state index contributed by atoms with van der Waals surface area (Å²) in [5.74, 6) is -0.243. The highest BCUT2D eigenvalue weighted by molar-refractivity contribution is 6.30. The highest BCUT2D eigenvalue weighted by Crippen LogP contribution is 2.27. The Morgan fingerprint density at radius 3 is 2.42 bits per heavy atom. The number of nitrogens with zero attached hydrogens (tertiary/aromatic N) is 1. The summed E-state index contributed by atoms with van der Waals surface area (Å²) in [6, 6.07) is 14.7. The van der Waals surface area contributed by atoms with Gasteiger partial charge in [-0.3, -0.25) is 9.59 Å². The number of hydrogen-bond donors (Lipinski definition) is 1. The predicted octanol–water partition coefficient (Wildman–Crippen LogP) is 2.76.